The van der Waals surface area contributed by atoms with Crippen LogP contribution in [-0.2, 0) is 19.5 Å². The van der Waals surface area contributed by atoms with Crippen molar-refractivity contribution < 1.29 is 4.79 Å². The molecule has 2 aromatic carbocycles. The van der Waals surface area contributed by atoms with Gasteiger partial charge in [0.25, 0.3) is 5.91 Å². The lowest BCUT2D eigenvalue weighted by Crippen LogP contribution is -2.24. The molecule has 2 heterocycles. The summed E-state index contributed by atoms with van der Waals surface area (Å²) in [5.74, 6) is -0.110. The summed E-state index contributed by atoms with van der Waals surface area (Å²) in [7, 11) is 0. The van der Waals surface area contributed by atoms with Crippen LogP contribution in [0.1, 0.15) is 34.1 Å². The van der Waals surface area contributed by atoms with Crippen molar-refractivity contribution in [2.45, 2.75) is 26.4 Å². The van der Waals surface area contributed by atoms with Crippen LogP contribution < -0.4 is 5.32 Å². The van der Waals surface area contributed by atoms with Crippen LogP contribution >= 0.6 is 0 Å². The zero-order chi connectivity index (χ0) is 20.1. The molecule has 2 aromatic heterocycles. The number of carbonyl (C=O) groups excluding carboxylic acids is 1. The van der Waals surface area contributed by atoms with Crippen LogP contribution in [0.3, 0.4) is 0 Å². The normalized spacial score (nSPS) is 10.8. The van der Waals surface area contributed by atoms with E-state index in [0.29, 0.717) is 18.7 Å². The Morgan fingerprint density at radius 1 is 1.00 bits per heavy atom. The fourth-order valence-corrected chi connectivity index (χ4v) is 3.25. The molecule has 7 nitrogen and oxygen atoms in total. The van der Waals surface area contributed by atoms with Gasteiger partial charge >= 0.3 is 0 Å². The number of carbonyl (C=O) groups is 1. The molecule has 0 unspecified atom stereocenters. The number of amides is 1. The lowest BCUT2D eigenvalue weighted by molar-refractivity contribution is 0.0950. The first-order valence-corrected chi connectivity index (χ1v) is 9.55. The summed E-state index contributed by atoms with van der Waals surface area (Å²) < 4.78 is 3.59. The van der Waals surface area contributed by atoms with Crippen LogP contribution in [0.4, 0.5) is 0 Å². The van der Waals surface area contributed by atoms with Gasteiger partial charge in [-0.2, -0.15) is 10.2 Å². The minimum Gasteiger partial charge on any atom is -0.348 e. The molecule has 0 saturated carbocycles. The van der Waals surface area contributed by atoms with E-state index in [1.807, 2.05) is 54.1 Å². The van der Waals surface area contributed by atoms with Gasteiger partial charge in [0.1, 0.15) is 12.7 Å². The van der Waals surface area contributed by atoms with Gasteiger partial charge in [-0.3, -0.25) is 9.48 Å². The molecule has 0 aliphatic heterocycles. The van der Waals surface area contributed by atoms with Gasteiger partial charge in [-0.15, -0.1) is 0 Å². The second-order valence-corrected chi connectivity index (χ2v) is 6.69. The van der Waals surface area contributed by atoms with Crippen molar-refractivity contribution in [2.24, 2.45) is 0 Å². The van der Waals surface area contributed by atoms with E-state index < -0.39 is 0 Å². The van der Waals surface area contributed by atoms with Crippen molar-refractivity contribution in [2.75, 3.05) is 0 Å². The van der Waals surface area contributed by atoms with E-state index in [4.69, 9.17) is 0 Å². The highest BCUT2D eigenvalue weighted by atomic mass is 16.1. The topological polar surface area (TPSA) is 77.6 Å². The predicted octanol–water partition coefficient (Wildman–Crippen LogP) is 3.00. The number of aromatic nitrogens is 5. The Labute approximate surface area is 169 Å². The van der Waals surface area contributed by atoms with Crippen molar-refractivity contribution in [3.8, 4) is 5.69 Å². The molecule has 4 aromatic rings. The summed E-state index contributed by atoms with van der Waals surface area (Å²) in [4.78, 5) is 16.7. The monoisotopic (exact) mass is 386 g/mol. The first-order valence-electron chi connectivity index (χ1n) is 9.55. The molecule has 0 spiro atoms. The maximum absolute atomic E-state index is 12.7. The number of nitrogens with one attached hydrogen (secondary N) is 1. The van der Waals surface area contributed by atoms with Gasteiger partial charge in [0.2, 0.25) is 0 Å². The maximum Gasteiger partial charge on any atom is 0.255 e. The molecule has 146 valence electrons. The average Bonchev–Trinajstić information content (AvgIpc) is 3.43. The first-order chi connectivity index (χ1) is 14.2. The minimum absolute atomic E-state index is 0.110. The third-order valence-electron chi connectivity index (χ3n) is 4.78. The highest BCUT2D eigenvalue weighted by Crippen LogP contribution is 2.13. The van der Waals surface area contributed by atoms with E-state index in [0.717, 1.165) is 28.9 Å². The van der Waals surface area contributed by atoms with Gasteiger partial charge in [0.05, 0.1) is 29.7 Å². The molecule has 4 rings (SSSR count). The highest BCUT2D eigenvalue weighted by Gasteiger charge is 2.16. The number of nitrogens with zero attached hydrogens (tertiary/aromatic N) is 5. The molecule has 1 amide bonds. The van der Waals surface area contributed by atoms with Crippen LogP contribution in [-0.4, -0.2) is 30.5 Å². The number of benzene rings is 2. The van der Waals surface area contributed by atoms with E-state index in [9.17, 15) is 4.79 Å². The third kappa shape index (κ3) is 4.24. The molecule has 0 atom stereocenters. The molecule has 29 heavy (non-hydrogen) atoms. The Kier molecular flexibility index (Phi) is 5.47. The van der Waals surface area contributed by atoms with Gasteiger partial charge < -0.3 is 5.32 Å². The lowest BCUT2D eigenvalue weighted by Gasteiger charge is -2.09. The van der Waals surface area contributed by atoms with Gasteiger partial charge in [0.15, 0.2) is 0 Å². The Morgan fingerprint density at radius 2 is 1.79 bits per heavy atom. The zero-order valence-corrected chi connectivity index (χ0v) is 16.2. The van der Waals surface area contributed by atoms with Crippen molar-refractivity contribution in [3.05, 3.63) is 95.8 Å². The second kappa shape index (κ2) is 8.52. The molecular weight excluding hydrogens is 364 g/mol. The van der Waals surface area contributed by atoms with E-state index in [-0.39, 0.29) is 5.91 Å². The highest BCUT2D eigenvalue weighted by molar-refractivity contribution is 5.95. The lowest BCUT2D eigenvalue weighted by atomic mass is 10.1. The molecule has 0 saturated heterocycles. The van der Waals surface area contributed by atoms with Gasteiger partial charge in [-0.05, 0) is 29.7 Å². The van der Waals surface area contributed by atoms with Crippen molar-refractivity contribution >= 4 is 5.91 Å². The van der Waals surface area contributed by atoms with E-state index in [1.54, 1.807) is 17.2 Å². The molecule has 7 heteroatoms. The molecule has 0 aliphatic rings. The van der Waals surface area contributed by atoms with Crippen molar-refractivity contribution in [3.63, 3.8) is 0 Å². The van der Waals surface area contributed by atoms with Crippen molar-refractivity contribution in [1.29, 1.82) is 0 Å². The fraction of sp³-hybridized carbons (Fsp3) is 0.182. The van der Waals surface area contributed by atoms with Crippen molar-refractivity contribution in [1.82, 2.24) is 29.9 Å². The number of hydrogen-bond acceptors (Lipinski definition) is 4. The molecule has 1 N–H and O–H groups in total. The fourth-order valence-electron chi connectivity index (χ4n) is 3.25. The maximum atomic E-state index is 12.7. The molecule has 0 aliphatic carbocycles. The summed E-state index contributed by atoms with van der Waals surface area (Å²) in [6, 6.07) is 18.0. The summed E-state index contributed by atoms with van der Waals surface area (Å²) in [5.41, 5.74) is 4.66. The predicted molar refractivity (Wildman–Crippen MR) is 110 cm³/mol. The van der Waals surface area contributed by atoms with Crippen LogP contribution in [0.5, 0.6) is 0 Å². The van der Waals surface area contributed by atoms with Crippen LogP contribution in [0.2, 0.25) is 0 Å². The van der Waals surface area contributed by atoms with Crippen LogP contribution in [0.25, 0.3) is 5.69 Å². The summed E-state index contributed by atoms with van der Waals surface area (Å²) in [6.07, 6.45) is 5.54. The summed E-state index contributed by atoms with van der Waals surface area (Å²) >= 11 is 0. The largest absolute Gasteiger partial charge is 0.348 e. The minimum atomic E-state index is -0.110. The average molecular weight is 386 g/mol. The van der Waals surface area contributed by atoms with Gasteiger partial charge in [-0.25, -0.2) is 9.67 Å². The third-order valence-corrected chi connectivity index (χ3v) is 4.78. The first kappa shape index (κ1) is 18.6. The number of hydrogen-bond donors (Lipinski definition) is 1. The van der Waals surface area contributed by atoms with E-state index in [2.05, 4.69) is 32.6 Å². The Balaban J connectivity index is 1.42. The van der Waals surface area contributed by atoms with Crippen LogP contribution in [0, 0.1) is 0 Å². The van der Waals surface area contributed by atoms with Crippen LogP contribution in [0.15, 0.2) is 73.4 Å². The number of rotatable bonds is 7. The van der Waals surface area contributed by atoms with E-state index in [1.165, 1.54) is 6.33 Å². The Hall–Kier alpha value is -3.74. The standard InChI is InChI=1S/C22H22N6O/c1-2-21-20(13-25-27(21)14-18-6-4-3-5-7-18)22(29)24-12-17-8-10-19(11-9-17)28-16-23-15-26-28/h3-11,13,15-16H,2,12,14H2,1H3,(H,24,29). The zero-order valence-electron chi connectivity index (χ0n) is 16.2. The smallest absolute Gasteiger partial charge is 0.255 e. The quantitative estimate of drug-likeness (QED) is 0.530. The molecule has 0 bridgehead atoms. The molecule has 0 radical (unpaired) electrons. The SMILES string of the molecule is CCc1c(C(=O)NCc2ccc(-n3cncn3)cc2)cnn1Cc1ccccc1. The Morgan fingerprint density at radius 3 is 2.48 bits per heavy atom. The summed E-state index contributed by atoms with van der Waals surface area (Å²) in [6.45, 7) is 3.14. The Bertz CT molecular complexity index is 1070. The van der Waals surface area contributed by atoms with Gasteiger partial charge in [-0.1, -0.05) is 49.4 Å². The van der Waals surface area contributed by atoms with E-state index >= 15 is 0 Å². The second-order valence-electron chi connectivity index (χ2n) is 6.69. The molecular formula is C22H22N6O. The molecule has 0 fully saturated rings. The van der Waals surface area contributed by atoms with Gasteiger partial charge in [0, 0.05) is 6.54 Å². The summed E-state index contributed by atoms with van der Waals surface area (Å²) in [5, 5.41) is 11.5.